The zero-order chi connectivity index (χ0) is 13.4. The van der Waals surface area contributed by atoms with Crippen molar-refractivity contribution in [2.45, 2.75) is 0 Å². The minimum absolute atomic E-state index is 0.772. The van der Waals surface area contributed by atoms with Crippen molar-refractivity contribution < 1.29 is 4.79 Å². The average Bonchev–Trinajstić information content (AvgIpc) is 2.76. The van der Waals surface area contributed by atoms with E-state index in [0.717, 1.165) is 48.9 Å². The van der Waals surface area contributed by atoms with Crippen LogP contribution >= 0.6 is 0 Å². The van der Waals surface area contributed by atoms with Crippen LogP contribution in [0.4, 0.5) is 5.69 Å². The van der Waals surface area contributed by atoms with E-state index in [1.807, 2.05) is 17.8 Å². The predicted octanol–water partition coefficient (Wildman–Crippen LogP) is 1.74. The maximum atomic E-state index is 11.1. The van der Waals surface area contributed by atoms with Gasteiger partial charge in [-0.15, -0.1) is 0 Å². The molecule has 1 aromatic heterocycles. The van der Waals surface area contributed by atoms with Gasteiger partial charge in [0, 0.05) is 61.6 Å². The number of piperazine rings is 1. The van der Waals surface area contributed by atoms with Gasteiger partial charge in [-0.3, -0.25) is 4.79 Å². The minimum atomic E-state index is 0.772. The van der Waals surface area contributed by atoms with E-state index in [9.17, 15) is 4.79 Å². The lowest BCUT2D eigenvalue weighted by Gasteiger charge is -2.34. The largest absolute Gasteiger partial charge is 0.369 e. The molecule has 0 unspecified atom stereocenters. The maximum absolute atomic E-state index is 11.1. The first-order valence-corrected chi connectivity index (χ1v) is 6.67. The highest BCUT2D eigenvalue weighted by Gasteiger charge is 2.15. The second-order valence-corrected chi connectivity index (χ2v) is 5.30. The van der Waals surface area contributed by atoms with Crippen LogP contribution in [0, 0.1) is 0 Å². The van der Waals surface area contributed by atoms with Gasteiger partial charge < -0.3 is 14.4 Å². The number of aryl methyl sites for hydroxylation is 1. The summed E-state index contributed by atoms with van der Waals surface area (Å²) in [7, 11) is 4.13. The smallest absolute Gasteiger partial charge is 0.152 e. The van der Waals surface area contributed by atoms with Gasteiger partial charge in [0.05, 0.1) is 0 Å². The highest BCUT2D eigenvalue weighted by Crippen LogP contribution is 2.26. The second kappa shape index (κ2) is 4.70. The van der Waals surface area contributed by atoms with E-state index in [-0.39, 0.29) is 0 Å². The van der Waals surface area contributed by atoms with Gasteiger partial charge in [-0.05, 0) is 25.2 Å². The van der Waals surface area contributed by atoms with Crippen molar-refractivity contribution in [1.82, 2.24) is 9.47 Å². The Labute approximate surface area is 113 Å². The van der Waals surface area contributed by atoms with Crippen LogP contribution in [0.1, 0.15) is 10.4 Å². The number of carbonyl (C=O) groups is 1. The average molecular weight is 257 g/mol. The number of nitrogens with zero attached hydrogens (tertiary/aromatic N) is 3. The molecule has 100 valence electrons. The number of aldehydes is 1. The number of anilines is 1. The van der Waals surface area contributed by atoms with E-state index in [1.165, 1.54) is 5.69 Å². The number of benzene rings is 1. The van der Waals surface area contributed by atoms with Gasteiger partial charge in [0.25, 0.3) is 0 Å². The topological polar surface area (TPSA) is 28.5 Å². The molecule has 19 heavy (non-hydrogen) atoms. The lowest BCUT2D eigenvalue weighted by molar-refractivity contribution is 0.112. The molecule has 1 aliphatic rings. The molecule has 0 atom stereocenters. The molecular formula is C15H19N3O. The van der Waals surface area contributed by atoms with E-state index in [4.69, 9.17) is 0 Å². The summed E-state index contributed by atoms with van der Waals surface area (Å²) >= 11 is 0. The molecule has 2 aromatic rings. The van der Waals surface area contributed by atoms with Crippen molar-refractivity contribution in [2.24, 2.45) is 7.05 Å². The third-order valence-corrected chi connectivity index (χ3v) is 4.00. The SMILES string of the molecule is CN1CCN(c2ccc3c(c2)c(C=O)cn3C)CC1. The van der Waals surface area contributed by atoms with Crippen LogP contribution in [0.5, 0.6) is 0 Å². The summed E-state index contributed by atoms with van der Waals surface area (Å²) in [5, 5.41) is 1.05. The molecule has 0 bridgehead atoms. The zero-order valence-electron chi connectivity index (χ0n) is 11.5. The maximum Gasteiger partial charge on any atom is 0.152 e. The van der Waals surface area contributed by atoms with Crippen LogP contribution < -0.4 is 4.90 Å². The van der Waals surface area contributed by atoms with Crippen LogP contribution in [0.15, 0.2) is 24.4 Å². The lowest BCUT2D eigenvalue weighted by Crippen LogP contribution is -2.44. The highest BCUT2D eigenvalue weighted by molar-refractivity contribution is 5.99. The van der Waals surface area contributed by atoms with Gasteiger partial charge >= 0.3 is 0 Å². The number of carbonyl (C=O) groups excluding carboxylic acids is 1. The molecule has 4 heteroatoms. The number of fused-ring (bicyclic) bond motifs is 1. The molecule has 0 amide bonds. The Hall–Kier alpha value is -1.81. The van der Waals surface area contributed by atoms with Gasteiger partial charge in [0.15, 0.2) is 6.29 Å². The fourth-order valence-electron chi connectivity index (χ4n) is 2.77. The predicted molar refractivity (Wildman–Crippen MR) is 78.0 cm³/mol. The molecule has 1 aromatic carbocycles. The third kappa shape index (κ3) is 2.12. The molecule has 0 N–H and O–H groups in total. The third-order valence-electron chi connectivity index (χ3n) is 4.00. The van der Waals surface area contributed by atoms with Crippen LogP contribution in [0.3, 0.4) is 0 Å². The van der Waals surface area contributed by atoms with Crippen molar-refractivity contribution in [1.29, 1.82) is 0 Å². The molecule has 4 nitrogen and oxygen atoms in total. The van der Waals surface area contributed by atoms with E-state index in [0.29, 0.717) is 0 Å². The monoisotopic (exact) mass is 257 g/mol. The van der Waals surface area contributed by atoms with E-state index < -0.39 is 0 Å². The molecule has 3 rings (SSSR count). The Morgan fingerprint density at radius 1 is 1.11 bits per heavy atom. The molecule has 0 spiro atoms. The molecule has 0 radical (unpaired) electrons. The first-order valence-electron chi connectivity index (χ1n) is 6.67. The van der Waals surface area contributed by atoms with Crippen molar-refractivity contribution in [2.75, 3.05) is 38.1 Å². The number of hydrogen-bond acceptors (Lipinski definition) is 3. The lowest BCUT2D eigenvalue weighted by atomic mass is 10.1. The van der Waals surface area contributed by atoms with Crippen molar-refractivity contribution >= 4 is 22.9 Å². The van der Waals surface area contributed by atoms with E-state index in [2.05, 4.69) is 35.0 Å². The van der Waals surface area contributed by atoms with Gasteiger partial charge in [0.2, 0.25) is 0 Å². The standard InChI is InChI=1S/C15H19N3O/c1-16-5-7-18(8-6-16)13-3-4-15-14(9-13)12(11-19)10-17(15)2/h3-4,9-11H,5-8H2,1-2H3. The van der Waals surface area contributed by atoms with E-state index in [1.54, 1.807) is 0 Å². The number of likely N-dealkylation sites (N-methyl/N-ethyl adjacent to an activating group) is 1. The quantitative estimate of drug-likeness (QED) is 0.767. The zero-order valence-corrected chi connectivity index (χ0v) is 11.5. The fourth-order valence-corrected chi connectivity index (χ4v) is 2.77. The Kier molecular flexibility index (Phi) is 3.03. The molecule has 0 aliphatic carbocycles. The molecule has 1 aliphatic heterocycles. The van der Waals surface area contributed by atoms with Gasteiger partial charge in [-0.25, -0.2) is 0 Å². The van der Waals surface area contributed by atoms with Crippen molar-refractivity contribution in [3.05, 3.63) is 30.0 Å². The normalized spacial score (nSPS) is 17.1. The first kappa shape index (κ1) is 12.2. The molecule has 2 heterocycles. The summed E-state index contributed by atoms with van der Waals surface area (Å²) in [6, 6.07) is 6.41. The Morgan fingerprint density at radius 2 is 1.84 bits per heavy atom. The summed E-state index contributed by atoms with van der Waals surface area (Å²) < 4.78 is 2.01. The van der Waals surface area contributed by atoms with Gasteiger partial charge in [-0.1, -0.05) is 0 Å². The summed E-state index contributed by atoms with van der Waals surface area (Å²) in [6.45, 7) is 4.28. The second-order valence-electron chi connectivity index (χ2n) is 5.30. The van der Waals surface area contributed by atoms with Gasteiger partial charge in [0.1, 0.15) is 0 Å². The van der Waals surface area contributed by atoms with Crippen LogP contribution in [0.25, 0.3) is 10.9 Å². The van der Waals surface area contributed by atoms with Crippen molar-refractivity contribution in [3.63, 3.8) is 0 Å². The van der Waals surface area contributed by atoms with Crippen LogP contribution in [-0.4, -0.2) is 49.0 Å². The highest BCUT2D eigenvalue weighted by atomic mass is 16.1. The first-order chi connectivity index (χ1) is 9.19. The summed E-state index contributed by atoms with van der Waals surface area (Å²) in [5.41, 5.74) is 3.10. The summed E-state index contributed by atoms with van der Waals surface area (Å²) in [5.74, 6) is 0. The van der Waals surface area contributed by atoms with Crippen LogP contribution in [0.2, 0.25) is 0 Å². The molecule has 1 saturated heterocycles. The van der Waals surface area contributed by atoms with E-state index >= 15 is 0 Å². The number of aromatic nitrogens is 1. The molecule has 1 fully saturated rings. The Balaban J connectivity index is 1.99. The number of hydrogen-bond donors (Lipinski definition) is 0. The van der Waals surface area contributed by atoms with Crippen LogP contribution in [-0.2, 0) is 7.05 Å². The van der Waals surface area contributed by atoms with Gasteiger partial charge in [-0.2, -0.15) is 0 Å². The number of rotatable bonds is 2. The molecular weight excluding hydrogens is 238 g/mol. The Morgan fingerprint density at radius 3 is 2.53 bits per heavy atom. The fraction of sp³-hybridized carbons (Fsp3) is 0.400. The Bertz CT molecular complexity index is 609. The summed E-state index contributed by atoms with van der Waals surface area (Å²) in [4.78, 5) is 15.9. The minimum Gasteiger partial charge on any atom is -0.369 e. The van der Waals surface area contributed by atoms with Crippen molar-refractivity contribution in [3.8, 4) is 0 Å². The summed E-state index contributed by atoms with van der Waals surface area (Å²) in [6.07, 6.45) is 2.83. The molecule has 0 saturated carbocycles.